The molecule has 4 unspecified atom stereocenters. The van der Waals surface area contributed by atoms with Crippen LogP contribution in [0.5, 0.6) is 5.75 Å². The van der Waals surface area contributed by atoms with Gasteiger partial charge in [-0.3, -0.25) is 0 Å². The maximum Gasteiger partial charge on any atom is 0.119 e. The number of halogens is 1. The lowest BCUT2D eigenvalue weighted by Crippen LogP contribution is -2.16. The van der Waals surface area contributed by atoms with E-state index < -0.39 is 0 Å². The Labute approximate surface area is 118 Å². The fourth-order valence-corrected chi connectivity index (χ4v) is 5.13. The largest absolute Gasteiger partial charge is 0.497 e. The molecule has 2 fully saturated rings. The van der Waals surface area contributed by atoms with Crippen molar-refractivity contribution in [2.45, 2.75) is 37.4 Å². The van der Waals surface area contributed by atoms with Gasteiger partial charge in [-0.05, 0) is 67.2 Å². The molecule has 2 heteroatoms. The van der Waals surface area contributed by atoms with Gasteiger partial charge in [0, 0.05) is 4.83 Å². The lowest BCUT2D eigenvalue weighted by molar-refractivity contribution is 0.329. The van der Waals surface area contributed by atoms with Crippen molar-refractivity contribution in [3.8, 4) is 5.75 Å². The van der Waals surface area contributed by atoms with Crippen molar-refractivity contribution >= 4 is 15.9 Å². The number of alkyl halides is 1. The molecule has 0 radical (unpaired) electrons. The smallest absolute Gasteiger partial charge is 0.119 e. The minimum absolute atomic E-state index is 0.527. The third-order valence-electron chi connectivity index (χ3n) is 4.94. The second-order valence-corrected chi connectivity index (χ2v) is 6.95. The molecule has 0 saturated heterocycles. The van der Waals surface area contributed by atoms with E-state index in [1.807, 2.05) is 0 Å². The minimum atomic E-state index is 0.527. The van der Waals surface area contributed by atoms with E-state index in [4.69, 9.17) is 4.74 Å². The third kappa shape index (κ3) is 2.09. The van der Waals surface area contributed by atoms with Crippen LogP contribution in [0.4, 0.5) is 0 Å². The Bertz CT molecular complexity index is 443. The van der Waals surface area contributed by atoms with E-state index in [0.29, 0.717) is 4.83 Å². The Morgan fingerprint density at radius 3 is 2.67 bits per heavy atom. The van der Waals surface area contributed by atoms with E-state index in [-0.39, 0.29) is 0 Å². The highest BCUT2D eigenvalue weighted by Gasteiger charge is 2.42. The minimum Gasteiger partial charge on any atom is -0.497 e. The standard InChI is InChI=1S/C16H21BrO/c1-10-7-13(18-2)5-6-14(10)16(17)15-9-11-3-4-12(15)8-11/h5-7,11-12,15-16H,3-4,8-9H2,1-2H3. The Kier molecular flexibility index (Phi) is 3.40. The lowest BCUT2D eigenvalue weighted by Gasteiger charge is -2.28. The van der Waals surface area contributed by atoms with Crippen LogP contribution in [0.1, 0.15) is 41.6 Å². The number of rotatable bonds is 3. The van der Waals surface area contributed by atoms with Gasteiger partial charge in [0.05, 0.1) is 7.11 Å². The predicted molar refractivity (Wildman–Crippen MR) is 78.3 cm³/mol. The average molecular weight is 309 g/mol. The number of ether oxygens (including phenoxy) is 1. The van der Waals surface area contributed by atoms with E-state index >= 15 is 0 Å². The topological polar surface area (TPSA) is 9.23 Å². The summed E-state index contributed by atoms with van der Waals surface area (Å²) in [4.78, 5) is 0.527. The van der Waals surface area contributed by atoms with Gasteiger partial charge in [0.15, 0.2) is 0 Å². The SMILES string of the molecule is COc1ccc(C(Br)C2CC3CCC2C3)c(C)c1. The van der Waals surface area contributed by atoms with Crippen LogP contribution < -0.4 is 4.74 Å². The molecular weight excluding hydrogens is 288 g/mol. The van der Waals surface area contributed by atoms with Gasteiger partial charge < -0.3 is 4.74 Å². The maximum absolute atomic E-state index is 5.29. The number of aryl methyl sites for hydroxylation is 1. The number of hydrogen-bond acceptors (Lipinski definition) is 1. The first-order valence-corrected chi connectivity index (χ1v) is 7.89. The monoisotopic (exact) mass is 308 g/mol. The van der Waals surface area contributed by atoms with E-state index in [1.54, 1.807) is 7.11 Å². The van der Waals surface area contributed by atoms with Gasteiger partial charge in [0.1, 0.15) is 5.75 Å². The highest BCUT2D eigenvalue weighted by Crippen LogP contribution is 2.55. The van der Waals surface area contributed by atoms with Crippen molar-refractivity contribution in [2.75, 3.05) is 7.11 Å². The summed E-state index contributed by atoms with van der Waals surface area (Å²) >= 11 is 3.97. The van der Waals surface area contributed by atoms with E-state index in [2.05, 4.69) is 41.1 Å². The number of hydrogen-bond donors (Lipinski definition) is 0. The third-order valence-corrected chi connectivity index (χ3v) is 6.12. The van der Waals surface area contributed by atoms with Gasteiger partial charge in [0.25, 0.3) is 0 Å². The Hall–Kier alpha value is -0.500. The van der Waals surface area contributed by atoms with Gasteiger partial charge in [-0.1, -0.05) is 28.4 Å². The van der Waals surface area contributed by atoms with Gasteiger partial charge in [0.2, 0.25) is 0 Å². The van der Waals surface area contributed by atoms with Crippen LogP contribution in [0.15, 0.2) is 18.2 Å². The number of benzene rings is 1. The zero-order valence-electron chi connectivity index (χ0n) is 11.2. The van der Waals surface area contributed by atoms with Crippen molar-refractivity contribution in [2.24, 2.45) is 17.8 Å². The zero-order valence-corrected chi connectivity index (χ0v) is 12.7. The highest BCUT2D eigenvalue weighted by molar-refractivity contribution is 9.09. The van der Waals surface area contributed by atoms with Gasteiger partial charge >= 0.3 is 0 Å². The summed E-state index contributed by atoms with van der Waals surface area (Å²) < 4.78 is 5.29. The molecule has 2 bridgehead atoms. The molecular formula is C16H21BrO. The molecule has 0 heterocycles. The summed E-state index contributed by atoms with van der Waals surface area (Å²) in [5.41, 5.74) is 2.80. The quantitative estimate of drug-likeness (QED) is 0.723. The molecule has 0 aromatic heterocycles. The molecule has 2 aliphatic carbocycles. The molecule has 0 amide bonds. The normalized spacial score (nSPS) is 31.6. The first-order chi connectivity index (χ1) is 8.69. The van der Waals surface area contributed by atoms with E-state index in [0.717, 1.165) is 23.5 Å². The van der Waals surface area contributed by atoms with Crippen LogP contribution in [0.25, 0.3) is 0 Å². The molecule has 0 N–H and O–H groups in total. The average Bonchev–Trinajstić information content (AvgIpc) is 3.00. The summed E-state index contributed by atoms with van der Waals surface area (Å²) in [6.45, 7) is 2.19. The number of methoxy groups -OCH3 is 1. The summed E-state index contributed by atoms with van der Waals surface area (Å²) in [6.07, 6.45) is 5.82. The molecule has 0 aliphatic heterocycles. The molecule has 0 spiro atoms. The van der Waals surface area contributed by atoms with Gasteiger partial charge in [-0.2, -0.15) is 0 Å². The number of fused-ring (bicyclic) bond motifs is 2. The molecule has 2 saturated carbocycles. The van der Waals surface area contributed by atoms with Crippen molar-refractivity contribution in [1.82, 2.24) is 0 Å². The first kappa shape index (κ1) is 12.5. The second kappa shape index (κ2) is 4.88. The second-order valence-electron chi connectivity index (χ2n) is 5.96. The van der Waals surface area contributed by atoms with Crippen LogP contribution in [0, 0.1) is 24.7 Å². The summed E-state index contributed by atoms with van der Waals surface area (Å²) in [5.74, 6) is 3.78. The van der Waals surface area contributed by atoms with Crippen LogP contribution in [-0.2, 0) is 0 Å². The van der Waals surface area contributed by atoms with Crippen molar-refractivity contribution in [1.29, 1.82) is 0 Å². The molecule has 3 rings (SSSR count). The Morgan fingerprint density at radius 1 is 1.28 bits per heavy atom. The fourth-order valence-electron chi connectivity index (χ4n) is 3.97. The van der Waals surface area contributed by atoms with Crippen molar-refractivity contribution < 1.29 is 4.74 Å². The predicted octanol–water partition coefficient (Wildman–Crippen LogP) is 4.88. The Balaban J connectivity index is 1.82. The molecule has 4 atom stereocenters. The van der Waals surface area contributed by atoms with Crippen molar-refractivity contribution in [3.63, 3.8) is 0 Å². The van der Waals surface area contributed by atoms with Crippen molar-refractivity contribution in [3.05, 3.63) is 29.3 Å². The molecule has 1 nitrogen and oxygen atoms in total. The first-order valence-electron chi connectivity index (χ1n) is 6.97. The summed E-state index contributed by atoms with van der Waals surface area (Å²) in [7, 11) is 1.73. The zero-order chi connectivity index (χ0) is 12.7. The van der Waals surface area contributed by atoms with Gasteiger partial charge in [-0.15, -0.1) is 0 Å². The van der Waals surface area contributed by atoms with Gasteiger partial charge in [-0.25, -0.2) is 0 Å². The Morgan fingerprint density at radius 2 is 2.11 bits per heavy atom. The molecule has 2 aliphatic rings. The van der Waals surface area contributed by atoms with Crippen LogP contribution >= 0.6 is 15.9 Å². The van der Waals surface area contributed by atoms with Crippen LogP contribution in [-0.4, -0.2) is 7.11 Å². The van der Waals surface area contributed by atoms with Crippen LogP contribution in [0.2, 0.25) is 0 Å². The fraction of sp³-hybridized carbons (Fsp3) is 0.625. The molecule has 18 heavy (non-hydrogen) atoms. The summed E-state index contributed by atoms with van der Waals surface area (Å²) in [6, 6.07) is 6.47. The van der Waals surface area contributed by atoms with E-state index in [1.165, 1.54) is 36.8 Å². The molecule has 1 aromatic carbocycles. The lowest BCUT2D eigenvalue weighted by atomic mass is 9.83. The summed E-state index contributed by atoms with van der Waals surface area (Å²) in [5, 5.41) is 0. The molecule has 1 aromatic rings. The highest BCUT2D eigenvalue weighted by atomic mass is 79.9. The van der Waals surface area contributed by atoms with Crippen LogP contribution in [0.3, 0.4) is 0 Å². The maximum atomic E-state index is 5.29. The van der Waals surface area contributed by atoms with E-state index in [9.17, 15) is 0 Å². The molecule has 98 valence electrons.